The predicted octanol–water partition coefficient (Wildman–Crippen LogP) is -0.500. The number of carbonyl (C=O) groups excluding carboxylic acids is 1. The maximum absolute atomic E-state index is 11.6. The number of ether oxygens (including phenoxy) is 2. The van der Waals surface area contributed by atoms with Crippen molar-refractivity contribution >= 4 is 5.91 Å². The summed E-state index contributed by atoms with van der Waals surface area (Å²) in [6, 6.07) is -0.635. The van der Waals surface area contributed by atoms with Gasteiger partial charge in [0.2, 0.25) is 11.8 Å². The molecule has 1 rings (SSSR count). The average molecular weight is 256 g/mol. The zero-order valence-electron chi connectivity index (χ0n) is 11.2. The van der Waals surface area contributed by atoms with Crippen molar-refractivity contribution in [1.82, 2.24) is 15.1 Å². The molecule has 18 heavy (non-hydrogen) atoms. The van der Waals surface area contributed by atoms with Gasteiger partial charge in [0.15, 0.2) is 0 Å². The van der Waals surface area contributed by atoms with Crippen LogP contribution in [0, 0.1) is 6.92 Å². The first-order valence-corrected chi connectivity index (χ1v) is 5.62. The van der Waals surface area contributed by atoms with Gasteiger partial charge < -0.3 is 15.2 Å². The number of nitrogens with one attached hydrogen (secondary N) is 1. The number of carbonyl (C=O) groups is 1. The van der Waals surface area contributed by atoms with Gasteiger partial charge in [-0.3, -0.25) is 10.1 Å². The van der Waals surface area contributed by atoms with Crippen molar-refractivity contribution in [1.29, 1.82) is 0 Å². The molecular weight excluding hydrogens is 236 g/mol. The van der Waals surface area contributed by atoms with Gasteiger partial charge in [-0.1, -0.05) is 0 Å². The summed E-state index contributed by atoms with van der Waals surface area (Å²) in [6.07, 6.45) is 0. The Bertz CT molecular complexity index is 417. The first-order chi connectivity index (χ1) is 8.52. The van der Waals surface area contributed by atoms with Gasteiger partial charge >= 0.3 is 0 Å². The zero-order valence-corrected chi connectivity index (χ0v) is 11.2. The number of hydrogen-bond donors (Lipinski definition) is 2. The Morgan fingerprint density at radius 2 is 2.22 bits per heavy atom. The minimum Gasteiger partial charge on any atom is -0.481 e. The van der Waals surface area contributed by atoms with Gasteiger partial charge in [-0.2, -0.15) is 5.10 Å². The van der Waals surface area contributed by atoms with Gasteiger partial charge in [-0.15, -0.1) is 0 Å². The SMILES string of the molecule is COCCNC(C(N)=O)c1c(C)nn(C)c1OC. The highest BCUT2D eigenvalue weighted by atomic mass is 16.5. The molecule has 0 aliphatic heterocycles. The van der Waals surface area contributed by atoms with E-state index in [1.54, 1.807) is 18.8 Å². The van der Waals surface area contributed by atoms with Crippen molar-refractivity contribution in [3.8, 4) is 5.88 Å². The summed E-state index contributed by atoms with van der Waals surface area (Å²) in [6.45, 7) is 2.82. The van der Waals surface area contributed by atoms with Crippen molar-refractivity contribution < 1.29 is 14.3 Å². The highest BCUT2D eigenvalue weighted by molar-refractivity contribution is 5.82. The smallest absolute Gasteiger partial charge is 0.239 e. The Morgan fingerprint density at radius 3 is 2.72 bits per heavy atom. The van der Waals surface area contributed by atoms with Crippen molar-refractivity contribution in [3.63, 3.8) is 0 Å². The van der Waals surface area contributed by atoms with Crippen LogP contribution in [0.15, 0.2) is 0 Å². The van der Waals surface area contributed by atoms with Crippen LogP contribution in [-0.2, 0) is 16.6 Å². The highest BCUT2D eigenvalue weighted by Crippen LogP contribution is 2.27. The van der Waals surface area contributed by atoms with Crippen LogP contribution >= 0.6 is 0 Å². The number of rotatable bonds is 7. The Morgan fingerprint density at radius 1 is 1.56 bits per heavy atom. The summed E-state index contributed by atoms with van der Waals surface area (Å²) >= 11 is 0. The van der Waals surface area contributed by atoms with Crippen LogP contribution in [0.2, 0.25) is 0 Å². The average Bonchev–Trinajstić information content (AvgIpc) is 2.59. The van der Waals surface area contributed by atoms with E-state index >= 15 is 0 Å². The van der Waals surface area contributed by atoms with Gasteiger partial charge in [-0.25, -0.2) is 4.68 Å². The molecule has 0 aliphatic carbocycles. The number of nitrogens with zero attached hydrogens (tertiary/aromatic N) is 2. The van der Waals surface area contributed by atoms with Gasteiger partial charge in [-0.05, 0) is 6.92 Å². The first-order valence-electron chi connectivity index (χ1n) is 5.62. The van der Waals surface area contributed by atoms with Crippen molar-refractivity contribution in [3.05, 3.63) is 11.3 Å². The molecule has 102 valence electrons. The zero-order chi connectivity index (χ0) is 13.7. The molecule has 0 spiro atoms. The molecule has 7 heteroatoms. The number of aryl methyl sites for hydroxylation is 2. The van der Waals surface area contributed by atoms with Crippen LogP contribution in [0.5, 0.6) is 5.88 Å². The van der Waals surface area contributed by atoms with Gasteiger partial charge in [0.25, 0.3) is 0 Å². The molecule has 0 saturated carbocycles. The molecular formula is C11H20N4O3. The molecule has 0 aromatic carbocycles. The predicted molar refractivity (Wildman–Crippen MR) is 66.3 cm³/mol. The third-order valence-electron chi connectivity index (χ3n) is 2.64. The van der Waals surface area contributed by atoms with E-state index in [-0.39, 0.29) is 0 Å². The van der Waals surface area contributed by atoms with E-state index < -0.39 is 11.9 Å². The van der Waals surface area contributed by atoms with E-state index in [1.807, 2.05) is 6.92 Å². The lowest BCUT2D eigenvalue weighted by molar-refractivity contribution is -0.120. The second-order valence-electron chi connectivity index (χ2n) is 3.91. The molecule has 1 atom stereocenters. The van der Waals surface area contributed by atoms with E-state index in [4.69, 9.17) is 15.2 Å². The topological polar surface area (TPSA) is 91.4 Å². The van der Waals surface area contributed by atoms with Crippen molar-refractivity contribution in [2.24, 2.45) is 12.8 Å². The molecule has 1 heterocycles. The summed E-state index contributed by atoms with van der Waals surface area (Å²) in [7, 11) is 4.88. The second kappa shape index (κ2) is 6.36. The third-order valence-corrected chi connectivity index (χ3v) is 2.64. The Balaban J connectivity index is 3.01. The Labute approximate surface area is 106 Å². The number of primary amides is 1. The van der Waals surface area contributed by atoms with Gasteiger partial charge in [0.1, 0.15) is 6.04 Å². The molecule has 3 N–H and O–H groups in total. The second-order valence-corrected chi connectivity index (χ2v) is 3.91. The standard InChI is InChI=1S/C11H20N4O3/c1-7-8(11(18-4)15(2)14-7)9(10(12)16)13-5-6-17-3/h9,13H,5-6H2,1-4H3,(H2,12,16). The van der Waals surface area contributed by atoms with E-state index in [2.05, 4.69) is 10.4 Å². The van der Waals surface area contributed by atoms with Crippen LogP contribution in [0.25, 0.3) is 0 Å². The van der Waals surface area contributed by atoms with Crippen LogP contribution in [0.1, 0.15) is 17.3 Å². The normalized spacial score (nSPS) is 12.4. The lowest BCUT2D eigenvalue weighted by Gasteiger charge is -2.16. The number of aromatic nitrogens is 2. The lowest BCUT2D eigenvalue weighted by atomic mass is 10.1. The molecule has 1 unspecified atom stereocenters. The lowest BCUT2D eigenvalue weighted by Crippen LogP contribution is -2.35. The van der Waals surface area contributed by atoms with Crippen molar-refractivity contribution in [2.45, 2.75) is 13.0 Å². The molecule has 0 aliphatic rings. The quantitative estimate of drug-likeness (QED) is 0.642. The largest absolute Gasteiger partial charge is 0.481 e. The third kappa shape index (κ3) is 2.99. The summed E-state index contributed by atoms with van der Waals surface area (Å²) in [5.41, 5.74) is 6.80. The van der Waals surface area contributed by atoms with Crippen LogP contribution < -0.4 is 15.8 Å². The minimum absolute atomic E-state index is 0.472. The maximum Gasteiger partial charge on any atom is 0.239 e. The molecule has 0 bridgehead atoms. The Hall–Kier alpha value is -1.60. The number of methoxy groups -OCH3 is 2. The summed E-state index contributed by atoms with van der Waals surface area (Å²) < 4.78 is 11.8. The molecule has 0 radical (unpaired) electrons. The molecule has 1 aromatic heterocycles. The van der Waals surface area contributed by atoms with Crippen LogP contribution in [0.4, 0.5) is 0 Å². The highest BCUT2D eigenvalue weighted by Gasteiger charge is 2.26. The molecule has 0 saturated heterocycles. The Kier molecular flexibility index (Phi) is 5.11. The van der Waals surface area contributed by atoms with E-state index in [0.29, 0.717) is 30.3 Å². The van der Waals surface area contributed by atoms with Gasteiger partial charge in [0, 0.05) is 20.7 Å². The molecule has 7 nitrogen and oxygen atoms in total. The summed E-state index contributed by atoms with van der Waals surface area (Å²) in [5.74, 6) is 0.0571. The molecule has 1 amide bonds. The van der Waals surface area contributed by atoms with E-state index in [0.717, 1.165) is 0 Å². The summed E-state index contributed by atoms with van der Waals surface area (Å²) in [4.78, 5) is 11.6. The fourth-order valence-electron chi connectivity index (χ4n) is 1.88. The summed E-state index contributed by atoms with van der Waals surface area (Å²) in [5, 5.41) is 7.26. The van der Waals surface area contributed by atoms with E-state index in [9.17, 15) is 4.79 Å². The van der Waals surface area contributed by atoms with Crippen LogP contribution in [0.3, 0.4) is 0 Å². The maximum atomic E-state index is 11.6. The fourth-order valence-corrected chi connectivity index (χ4v) is 1.88. The first kappa shape index (κ1) is 14.5. The molecule has 1 aromatic rings. The molecule has 0 fully saturated rings. The van der Waals surface area contributed by atoms with Gasteiger partial charge in [0.05, 0.1) is 25.0 Å². The minimum atomic E-state index is -0.635. The van der Waals surface area contributed by atoms with Crippen LogP contribution in [-0.4, -0.2) is 43.1 Å². The fraction of sp³-hybridized carbons (Fsp3) is 0.636. The number of hydrogen-bond acceptors (Lipinski definition) is 5. The van der Waals surface area contributed by atoms with Crippen molar-refractivity contribution in [2.75, 3.05) is 27.4 Å². The van der Waals surface area contributed by atoms with E-state index in [1.165, 1.54) is 7.11 Å². The number of amides is 1. The number of nitrogens with two attached hydrogens (primary N) is 1. The monoisotopic (exact) mass is 256 g/mol.